The van der Waals surface area contributed by atoms with Crippen LogP contribution in [0.1, 0.15) is 142 Å². The van der Waals surface area contributed by atoms with Gasteiger partial charge in [0.2, 0.25) is 5.91 Å². The van der Waals surface area contributed by atoms with E-state index < -0.39 is 74.2 Å². The lowest BCUT2D eigenvalue weighted by Crippen LogP contribution is -2.60. The van der Waals surface area contributed by atoms with Gasteiger partial charge in [0, 0.05) is 0 Å². The highest BCUT2D eigenvalue weighted by Crippen LogP contribution is 2.23. The van der Waals surface area contributed by atoms with E-state index in [4.69, 9.17) is 9.47 Å². The van der Waals surface area contributed by atoms with E-state index >= 15 is 0 Å². The maximum absolute atomic E-state index is 12.9. The fraction of sp³-hybridized carbons (Fsp3) is 0.868. The van der Waals surface area contributed by atoms with Crippen molar-refractivity contribution in [3.05, 3.63) is 24.3 Å². The summed E-state index contributed by atoms with van der Waals surface area (Å²) in [5.41, 5.74) is 0. The molecule has 1 fully saturated rings. The van der Waals surface area contributed by atoms with Crippen molar-refractivity contribution in [2.75, 3.05) is 13.2 Å². The average molecular weight is 702 g/mol. The van der Waals surface area contributed by atoms with Crippen molar-refractivity contribution in [2.45, 2.75) is 197 Å². The molecule has 1 aliphatic heterocycles. The summed E-state index contributed by atoms with van der Waals surface area (Å²) in [6, 6.07) is -1.18. The van der Waals surface area contributed by atoms with E-state index in [0.29, 0.717) is 19.3 Å². The number of carbonyl (C=O) groups is 1. The van der Waals surface area contributed by atoms with Gasteiger partial charge < -0.3 is 50.5 Å². The third-order valence-corrected chi connectivity index (χ3v) is 9.23. The van der Waals surface area contributed by atoms with Gasteiger partial charge in [-0.1, -0.05) is 115 Å². The summed E-state index contributed by atoms with van der Waals surface area (Å²) in [6.45, 7) is 3.32. The van der Waals surface area contributed by atoms with Gasteiger partial charge in [0.1, 0.15) is 36.6 Å². The summed E-state index contributed by atoms with van der Waals surface area (Å²) in [4.78, 5) is 12.9. The van der Waals surface area contributed by atoms with E-state index in [1.807, 2.05) is 0 Å². The molecule has 0 radical (unpaired) electrons. The van der Waals surface area contributed by atoms with Gasteiger partial charge in [-0.25, -0.2) is 0 Å². The molecule has 9 atom stereocenters. The molecule has 1 saturated heterocycles. The van der Waals surface area contributed by atoms with Crippen LogP contribution in [0.5, 0.6) is 0 Å². The molecule has 1 rings (SSSR count). The normalized spacial score (nSPS) is 24.0. The fourth-order valence-electron chi connectivity index (χ4n) is 5.92. The number of carbonyl (C=O) groups excluding carboxylic acids is 1. The number of aliphatic hydroxyl groups is 7. The molecule has 0 spiro atoms. The predicted octanol–water partition coefficient (Wildman–Crippen LogP) is 4.32. The fourth-order valence-corrected chi connectivity index (χ4v) is 5.92. The zero-order valence-electron chi connectivity index (χ0n) is 30.4. The Balaban J connectivity index is 2.62. The molecule has 288 valence electrons. The van der Waals surface area contributed by atoms with Crippen molar-refractivity contribution >= 4 is 5.91 Å². The molecule has 0 aromatic heterocycles. The van der Waals surface area contributed by atoms with Crippen molar-refractivity contribution in [2.24, 2.45) is 0 Å². The molecule has 1 amide bonds. The SMILES string of the molecule is CCCCC/C=C/CC/C=C/CCCC(O)C(O)C(COC1OC(CO)C(O)C(O)C1O)NC(=O)C(O)CCCCCCCCCCCC. The Labute approximate surface area is 295 Å². The maximum Gasteiger partial charge on any atom is 0.249 e. The van der Waals surface area contributed by atoms with E-state index in [0.717, 1.165) is 38.5 Å². The number of hydrogen-bond acceptors (Lipinski definition) is 10. The molecule has 1 heterocycles. The molecule has 8 N–H and O–H groups in total. The first-order chi connectivity index (χ1) is 23.7. The summed E-state index contributed by atoms with van der Waals surface area (Å²) in [7, 11) is 0. The molecule has 11 heteroatoms. The molecule has 0 bridgehead atoms. The molecule has 0 saturated carbocycles. The van der Waals surface area contributed by atoms with Crippen LogP contribution in [0.25, 0.3) is 0 Å². The van der Waals surface area contributed by atoms with E-state index in [1.54, 1.807) is 0 Å². The number of unbranched alkanes of at least 4 members (excludes halogenated alkanes) is 14. The van der Waals surface area contributed by atoms with Gasteiger partial charge in [0.25, 0.3) is 0 Å². The number of allylic oxidation sites excluding steroid dienone is 4. The van der Waals surface area contributed by atoms with Crippen molar-refractivity contribution in [3.8, 4) is 0 Å². The molecule has 1 aliphatic rings. The standard InChI is InChI=1S/C38H71NO10/c1-3-5-7-9-11-13-15-16-18-19-21-23-25-30(41)33(43)29(28-48-38-36(46)35(45)34(44)32(27-40)49-38)39-37(47)31(42)26-24-22-20-17-14-12-10-8-6-4-2/h11,13,18-19,29-36,38,40-46H,3-10,12,14-17,20-28H2,1-2H3,(H,39,47)/b13-11+,19-18+. The lowest BCUT2D eigenvalue weighted by atomic mass is 9.98. The minimum atomic E-state index is -1.67. The van der Waals surface area contributed by atoms with Crippen LogP contribution in [0.2, 0.25) is 0 Å². The number of rotatable bonds is 30. The van der Waals surface area contributed by atoms with Crippen LogP contribution in [0, 0.1) is 0 Å². The van der Waals surface area contributed by atoms with Crippen LogP contribution in [0.3, 0.4) is 0 Å². The highest BCUT2D eigenvalue weighted by molar-refractivity contribution is 5.80. The monoisotopic (exact) mass is 702 g/mol. The molecule has 0 aromatic carbocycles. The summed E-state index contributed by atoms with van der Waals surface area (Å²) < 4.78 is 11.0. The second kappa shape index (κ2) is 29.2. The third kappa shape index (κ3) is 20.3. The van der Waals surface area contributed by atoms with Crippen LogP contribution < -0.4 is 5.32 Å². The van der Waals surface area contributed by atoms with E-state index in [2.05, 4.69) is 43.5 Å². The van der Waals surface area contributed by atoms with Gasteiger partial charge in [0.05, 0.1) is 25.4 Å². The van der Waals surface area contributed by atoms with Gasteiger partial charge in [-0.05, 0) is 51.4 Å². The Morgan fingerprint density at radius 2 is 1.22 bits per heavy atom. The lowest BCUT2D eigenvalue weighted by molar-refractivity contribution is -0.303. The Hall–Kier alpha value is -1.41. The van der Waals surface area contributed by atoms with Crippen LogP contribution in [0.4, 0.5) is 0 Å². The number of aliphatic hydroxyl groups excluding tert-OH is 7. The minimum absolute atomic E-state index is 0.246. The van der Waals surface area contributed by atoms with Crippen molar-refractivity contribution in [3.63, 3.8) is 0 Å². The van der Waals surface area contributed by atoms with Crippen LogP contribution in [-0.2, 0) is 14.3 Å². The van der Waals surface area contributed by atoms with Crippen LogP contribution in [-0.4, -0.2) is 110 Å². The topological polar surface area (TPSA) is 189 Å². The quantitative estimate of drug-likeness (QED) is 0.0396. The predicted molar refractivity (Wildman–Crippen MR) is 192 cm³/mol. The van der Waals surface area contributed by atoms with Crippen LogP contribution in [0.15, 0.2) is 24.3 Å². The highest BCUT2D eigenvalue weighted by atomic mass is 16.7. The molecule has 49 heavy (non-hydrogen) atoms. The van der Waals surface area contributed by atoms with Crippen molar-refractivity contribution < 1.29 is 50.0 Å². The van der Waals surface area contributed by atoms with E-state index in [9.17, 15) is 40.5 Å². The van der Waals surface area contributed by atoms with E-state index in [-0.39, 0.29) is 12.8 Å². The molecule has 0 aliphatic carbocycles. The molecule has 0 aromatic rings. The first-order valence-electron chi connectivity index (χ1n) is 19.2. The van der Waals surface area contributed by atoms with Gasteiger partial charge >= 0.3 is 0 Å². The average Bonchev–Trinajstić information content (AvgIpc) is 3.10. The zero-order chi connectivity index (χ0) is 36.3. The van der Waals surface area contributed by atoms with E-state index in [1.165, 1.54) is 57.8 Å². The summed E-state index contributed by atoms with van der Waals surface area (Å²) in [6.07, 6.45) is 16.8. The molecule has 11 nitrogen and oxygen atoms in total. The summed E-state index contributed by atoms with van der Waals surface area (Å²) in [5, 5.41) is 75.0. The second-order valence-corrected chi connectivity index (χ2v) is 13.6. The zero-order valence-corrected chi connectivity index (χ0v) is 30.4. The van der Waals surface area contributed by atoms with Gasteiger partial charge in [-0.2, -0.15) is 0 Å². The molecule has 9 unspecified atom stereocenters. The molecular weight excluding hydrogens is 630 g/mol. The summed E-state index contributed by atoms with van der Waals surface area (Å²) >= 11 is 0. The third-order valence-electron chi connectivity index (χ3n) is 9.23. The number of nitrogens with one attached hydrogen (secondary N) is 1. The largest absolute Gasteiger partial charge is 0.394 e. The van der Waals surface area contributed by atoms with Gasteiger partial charge in [-0.3, -0.25) is 4.79 Å². The number of amides is 1. The summed E-state index contributed by atoms with van der Waals surface area (Å²) in [5.74, 6) is -0.716. The van der Waals surface area contributed by atoms with Gasteiger partial charge in [-0.15, -0.1) is 0 Å². The number of hydrogen-bond donors (Lipinski definition) is 8. The Bertz CT molecular complexity index is 856. The molecular formula is C38H71NO10. The second-order valence-electron chi connectivity index (χ2n) is 13.6. The van der Waals surface area contributed by atoms with Crippen molar-refractivity contribution in [1.29, 1.82) is 0 Å². The Morgan fingerprint density at radius 3 is 1.82 bits per heavy atom. The minimum Gasteiger partial charge on any atom is -0.394 e. The van der Waals surface area contributed by atoms with Crippen molar-refractivity contribution in [1.82, 2.24) is 5.32 Å². The first kappa shape index (κ1) is 45.6. The van der Waals surface area contributed by atoms with Gasteiger partial charge in [0.15, 0.2) is 6.29 Å². The Morgan fingerprint density at radius 1 is 0.694 bits per heavy atom. The Kier molecular flexibility index (Phi) is 27.2. The maximum atomic E-state index is 12.9. The first-order valence-corrected chi connectivity index (χ1v) is 19.2. The number of ether oxygens (including phenoxy) is 2. The lowest BCUT2D eigenvalue weighted by Gasteiger charge is -2.40. The van der Waals surface area contributed by atoms with Crippen LogP contribution >= 0.6 is 0 Å². The smallest absolute Gasteiger partial charge is 0.249 e. The highest BCUT2D eigenvalue weighted by Gasteiger charge is 2.44.